The number of carbonyl (C=O) groups excluding carboxylic acids is 1. The lowest BCUT2D eigenvalue weighted by Crippen LogP contribution is -2.37. The molecule has 6 nitrogen and oxygen atoms in total. The average Bonchev–Trinajstić information content (AvgIpc) is 2.35. The number of amides is 1. The molecule has 0 fully saturated rings. The van der Waals surface area contributed by atoms with E-state index in [2.05, 4.69) is 10.9 Å². The molecule has 0 heterocycles. The molecule has 0 aliphatic carbocycles. The third-order valence-corrected chi connectivity index (χ3v) is 3.06. The Morgan fingerprint density at radius 3 is 2.38 bits per heavy atom. The van der Waals surface area contributed by atoms with Gasteiger partial charge in [0.15, 0.2) is 0 Å². The van der Waals surface area contributed by atoms with Gasteiger partial charge in [-0.25, -0.2) is 0 Å². The van der Waals surface area contributed by atoms with Gasteiger partial charge in [0.05, 0.1) is 11.8 Å². The van der Waals surface area contributed by atoms with Crippen LogP contribution >= 0.6 is 0 Å². The second-order valence-corrected chi connectivity index (χ2v) is 5.81. The molecule has 0 aliphatic rings. The van der Waals surface area contributed by atoms with Gasteiger partial charge in [0, 0.05) is 5.70 Å². The van der Waals surface area contributed by atoms with Crippen LogP contribution in [0.2, 0.25) is 0 Å². The molecule has 0 spiro atoms. The van der Waals surface area contributed by atoms with Gasteiger partial charge in [-0.1, -0.05) is 30.3 Å². The first-order chi connectivity index (χ1) is 9.76. The van der Waals surface area contributed by atoms with Gasteiger partial charge in [0.25, 0.3) is 10.1 Å². The lowest BCUT2D eigenvalue weighted by atomic mass is 10.1. The summed E-state index contributed by atoms with van der Waals surface area (Å²) in [4.78, 5) is 11.7. The van der Waals surface area contributed by atoms with Crippen LogP contribution in [-0.4, -0.2) is 18.9 Å². The van der Waals surface area contributed by atoms with Gasteiger partial charge in [0.2, 0.25) is 5.91 Å². The number of carbonyl (C=O) groups is 1. The molecule has 3 N–H and O–H groups in total. The Morgan fingerprint density at radius 2 is 1.81 bits per heavy atom. The normalized spacial score (nSPS) is 12.9. The molecule has 1 aromatic rings. The maximum atomic E-state index is 11.7. The van der Waals surface area contributed by atoms with Gasteiger partial charge in [-0.05, 0) is 31.1 Å². The van der Waals surface area contributed by atoms with Crippen molar-refractivity contribution in [1.29, 1.82) is 0 Å². The summed E-state index contributed by atoms with van der Waals surface area (Å²) in [6.07, 6.45) is 1.72. The van der Waals surface area contributed by atoms with Crippen LogP contribution in [0.25, 0.3) is 0 Å². The Labute approximate surface area is 124 Å². The topological polar surface area (TPSA) is 95.5 Å². The molecule has 7 heteroatoms. The maximum Gasteiger partial charge on any atom is 0.287 e. The monoisotopic (exact) mass is 310 g/mol. The van der Waals surface area contributed by atoms with Gasteiger partial charge >= 0.3 is 0 Å². The molecule has 1 aromatic carbocycles. The van der Waals surface area contributed by atoms with Crippen LogP contribution in [0.1, 0.15) is 19.4 Å². The molecule has 0 aromatic heterocycles. The fourth-order valence-electron chi connectivity index (χ4n) is 1.64. The molecule has 21 heavy (non-hydrogen) atoms. The second-order valence-electron chi connectivity index (χ2n) is 4.54. The molecule has 0 saturated heterocycles. The first-order valence-corrected chi connectivity index (χ1v) is 7.69. The highest BCUT2D eigenvalue weighted by molar-refractivity contribution is 7.88. The van der Waals surface area contributed by atoms with E-state index in [1.165, 1.54) is 13.0 Å². The van der Waals surface area contributed by atoms with Gasteiger partial charge in [-0.15, -0.1) is 0 Å². The summed E-state index contributed by atoms with van der Waals surface area (Å²) in [6.45, 7) is 3.18. The quantitative estimate of drug-likeness (QED) is 0.421. The first-order valence-electron chi connectivity index (χ1n) is 6.19. The van der Waals surface area contributed by atoms with Crippen LogP contribution in [0, 0.1) is 0 Å². The van der Waals surface area contributed by atoms with E-state index in [9.17, 15) is 13.2 Å². The van der Waals surface area contributed by atoms with E-state index in [1.54, 1.807) is 6.92 Å². The van der Waals surface area contributed by atoms with E-state index in [0.29, 0.717) is 11.3 Å². The van der Waals surface area contributed by atoms with Crippen LogP contribution in [-0.2, 0) is 21.3 Å². The SMILES string of the molecule is CC(=C\S(=O)(=O)O)/C=C(\C)NNC(=O)Cc1ccccc1. The van der Waals surface area contributed by atoms with Gasteiger partial charge in [0.1, 0.15) is 0 Å². The molecule has 1 amide bonds. The number of rotatable bonds is 6. The third kappa shape index (κ3) is 7.91. The van der Waals surface area contributed by atoms with Crippen molar-refractivity contribution in [3.63, 3.8) is 0 Å². The van der Waals surface area contributed by atoms with E-state index in [0.717, 1.165) is 11.0 Å². The van der Waals surface area contributed by atoms with Crippen molar-refractivity contribution in [3.05, 3.63) is 58.6 Å². The summed E-state index contributed by atoms with van der Waals surface area (Å²) in [7, 11) is -4.16. The van der Waals surface area contributed by atoms with E-state index in [4.69, 9.17) is 4.55 Å². The van der Waals surface area contributed by atoms with E-state index < -0.39 is 10.1 Å². The zero-order valence-corrected chi connectivity index (χ0v) is 12.6. The van der Waals surface area contributed by atoms with Crippen LogP contribution < -0.4 is 10.9 Å². The Balaban J connectivity index is 2.51. The van der Waals surface area contributed by atoms with Crippen molar-refractivity contribution in [1.82, 2.24) is 10.9 Å². The highest BCUT2D eigenvalue weighted by Gasteiger charge is 2.02. The summed E-state index contributed by atoms with van der Waals surface area (Å²) < 4.78 is 30.0. The van der Waals surface area contributed by atoms with Crippen molar-refractivity contribution in [2.75, 3.05) is 0 Å². The fourth-order valence-corrected chi connectivity index (χ4v) is 2.18. The minimum atomic E-state index is -4.16. The Morgan fingerprint density at radius 1 is 1.19 bits per heavy atom. The molecule has 0 radical (unpaired) electrons. The van der Waals surface area contributed by atoms with Crippen molar-refractivity contribution in [2.24, 2.45) is 0 Å². The Bertz CT molecular complexity index is 649. The summed E-state index contributed by atoms with van der Waals surface area (Å²) >= 11 is 0. The Kier molecular flexibility index (Phi) is 6.13. The van der Waals surface area contributed by atoms with Gasteiger partial charge < -0.3 is 5.43 Å². The smallest absolute Gasteiger partial charge is 0.287 e. The second kappa shape index (κ2) is 7.61. The lowest BCUT2D eigenvalue weighted by Gasteiger charge is -2.09. The molecule has 0 bridgehead atoms. The first kappa shape index (κ1) is 16.9. The number of hydrogen-bond donors (Lipinski definition) is 3. The maximum absolute atomic E-state index is 11.7. The number of nitrogens with one attached hydrogen (secondary N) is 2. The van der Waals surface area contributed by atoms with Crippen LogP contribution in [0.5, 0.6) is 0 Å². The average molecular weight is 310 g/mol. The lowest BCUT2D eigenvalue weighted by molar-refractivity contribution is -0.121. The predicted octanol–water partition coefficient (Wildman–Crippen LogP) is 1.55. The van der Waals surface area contributed by atoms with Gasteiger partial charge in [-0.3, -0.25) is 14.8 Å². The van der Waals surface area contributed by atoms with Crippen molar-refractivity contribution in [2.45, 2.75) is 20.3 Å². The number of benzene rings is 1. The molecular formula is C14H18N2O4S. The third-order valence-electron chi connectivity index (χ3n) is 2.39. The zero-order chi connectivity index (χ0) is 15.9. The summed E-state index contributed by atoms with van der Waals surface area (Å²) in [5.74, 6) is -0.217. The Hall–Kier alpha value is -2.12. The largest absolute Gasteiger partial charge is 0.303 e. The molecule has 0 saturated carbocycles. The number of hydrogen-bond acceptors (Lipinski definition) is 4. The zero-order valence-electron chi connectivity index (χ0n) is 11.8. The predicted molar refractivity (Wildman–Crippen MR) is 80.5 cm³/mol. The molecule has 0 unspecified atom stereocenters. The summed E-state index contributed by atoms with van der Waals surface area (Å²) in [5, 5.41) is 0.726. The van der Waals surface area contributed by atoms with Crippen molar-refractivity contribution in [3.8, 4) is 0 Å². The molecular weight excluding hydrogens is 292 g/mol. The molecule has 1 rings (SSSR count). The molecule has 0 atom stereocenters. The van der Waals surface area contributed by atoms with Crippen LogP contribution in [0.4, 0.5) is 0 Å². The van der Waals surface area contributed by atoms with E-state index in [-0.39, 0.29) is 12.3 Å². The molecule has 0 aliphatic heterocycles. The minimum Gasteiger partial charge on any atom is -0.303 e. The van der Waals surface area contributed by atoms with E-state index >= 15 is 0 Å². The van der Waals surface area contributed by atoms with Gasteiger partial charge in [-0.2, -0.15) is 8.42 Å². The standard InChI is InChI=1S/C14H18N2O4S/c1-11(10-21(18,19)20)8-12(2)15-16-14(17)9-13-6-4-3-5-7-13/h3-8,10,15H,9H2,1-2H3,(H,16,17)(H,18,19,20)/b11-10+,12-8+. The minimum absolute atomic E-state index is 0.217. The summed E-state index contributed by atoms with van der Waals surface area (Å²) in [5.41, 5.74) is 6.93. The number of hydrazine groups is 1. The van der Waals surface area contributed by atoms with Crippen LogP contribution in [0.3, 0.4) is 0 Å². The summed E-state index contributed by atoms with van der Waals surface area (Å²) in [6, 6.07) is 9.27. The van der Waals surface area contributed by atoms with Crippen molar-refractivity contribution >= 4 is 16.0 Å². The highest BCUT2D eigenvalue weighted by atomic mass is 32.2. The highest BCUT2D eigenvalue weighted by Crippen LogP contribution is 2.02. The fraction of sp³-hybridized carbons (Fsp3) is 0.214. The van der Waals surface area contributed by atoms with Crippen LogP contribution in [0.15, 0.2) is 53.1 Å². The number of allylic oxidation sites excluding steroid dienone is 3. The molecule has 114 valence electrons. The van der Waals surface area contributed by atoms with E-state index in [1.807, 2.05) is 30.3 Å². The van der Waals surface area contributed by atoms with Crippen molar-refractivity contribution < 1.29 is 17.8 Å².